The van der Waals surface area contributed by atoms with Gasteiger partial charge in [0.25, 0.3) is 0 Å². The molecule has 1 aromatic heterocycles. The first kappa shape index (κ1) is 14.3. The van der Waals surface area contributed by atoms with Crippen LogP contribution in [0.3, 0.4) is 0 Å². The molecule has 1 saturated heterocycles. The topological polar surface area (TPSA) is 49.8 Å². The SMILES string of the molecule is CC(C)(C)OC(=O)N1CC(O)C(Cc2cccs2)C1. The molecule has 19 heavy (non-hydrogen) atoms. The maximum Gasteiger partial charge on any atom is 0.410 e. The van der Waals surface area contributed by atoms with Crippen LogP contribution in [-0.2, 0) is 11.2 Å². The van der Waals surface area contributed by atoms with E-state index >= 15 is 0 Å². The number of likely N-dealkylation sites (tertiary alicyclic amines) is 1. The molecule has 5 heteroatoms. The van der Waals surface area contributed by atoms with E-state index in [0.717, 1.165) is 6.42 Å². The van der Waals surface area contributed by atoms with Crippen molar-refractivity contribution in [2.45, 2.75) is 38.9 Å². The Morgan fingerprint density at radius 2 is 2.26 bits per heavy atom. The zero-order valence-corrected chi connectivity index (χ0v) is 12.4. The molecule has 1 fully saturated rings. The molecular weight excluding hydrogens is 262 g/mol. The van der Waals surface area contributed by atoms with Crippen LogP contribution in [0.15, 0.2) is 17.5 Å². The van der Waals surface area contributed by atoms with Crippen LogP contribution in [0.25, 0.3) is 0 Å². The summed E-state index contributed by atoms with van der Waals surface area (Å²) >= 11 is 1.69. The average molecular weight is 283 g/mol. The predicted octanol–water partition coefficient (Wildman–Crippen LogP) is 2.52. The molecule has 2 heterocycles. The number of rotatable bonds is 2. The fourth-order valence-corrected chi connectivity index (χ4v) is 3.02. The van der Waals surface area contributed by atoms with Crippen molar-refractivity contribution in [1.82, 2.24) is 4.90 Å². The van der Waals surface area contributed by atoms with Gasteiger partial charge in [-0.25, -0.2) is 4.79 Å². The number of carbonyl (C=O) groups excluding carboxylic acids is 1. The van der Waals surface area contributed by atoms with Gasteiger partial charge in [-0.3, -0.25) is 0 Å². The largest absolute Gasteiger partial charge is 0.444 e. The lowest BCUT2D eigenvalue weighted by Gasteiger charge is -2.24. The molecule has 1 aliphatic rings. The highest BCUT2D eigenvalue weighted by Crippen LogP contribution is 2.25. The van der Waals surface area contributed by atoms with Crippen LogP contribution >= 0.6 is 11.3 Å². The van der Waals surface area contributed by atoms with Crippen LogP contribution in [0.4, 0.5) is 4.79 Å². The quantitative estimate of drug-likeness (QED) is 0.907. The van der Waals surface area contributed by atoms with E-state index in [1.165, 1.54) is 4.88 Å². The predicted molar refractivity (Wildman–Crippen MR) is 75.3 cm³/mol. The number of aliphatic hydroxyl groups excluding tert-OH is 1. The Morgan fingerprint density at radius 3 is 2.84 bits per heavy atom. The minimum Gasteiger partial charge on any atom is -0.444 e. The molecule has 106 valence electrons. The third-order valence-electron chi connectivity index (χ3n) is 3.10. The molecule has 2 atom stereocenters. The normalized spacial score (nSPS) is 23.7. The van der Waals surface area contributed by atoms with Crippen LogP contribution in [-0.4, -0.2) is 40.9 Å². The second-order valence-corrected chi connectivity index (χ2v) is 7.03. The number of ether oxygens (including phenoxy) is 1. The number of carbonyl (C=O) groups is 1. The standard InChI is InChI=1S/C14H21NO3S/c1-14(2,3)18-13(17)15-8-10(12(16)9-15)7-11-5-4-6-19-11/h4-6,10,12,16H,7-9H2,1-3H3. The third kappa shape index (κ3) is 3.94. The lowest BCUT2D eigenvalue weighted by atomic mass is 10.0. The van der Waals surface area contributed by atoms with Crippen molar-refractivity contribution in [3.05, 3.63) is 22.4 Å². The number of hydrogen-bond acceptors (Lipinski definition) is 4. The molecule has 2 rings (SSSR count). The summed E-state index contributed by atoms with van der Waals surface area (Å²) in [6, 6.07) is 4.07. The molecule has 0 spiro atoms. The van der Waals surface area contributed by atoms with Crippen molar-refractivity contribution in [3.8, 4) is 0 Å². The zero-order valence-electron chi connectivity index (χ0n) is 11.6. The van der Waals surface area contributed by atoms with E-state index in [2.05, 4.69) is 6.07 Å². The van der Waals surface area contributed by atoms with Gasteiger partial charge >= 0.3 is 6.09 Å². The van der Waals surface area contributed by atoms with Crippen molar-refractivity contribution in [2.75, 3.05) is 13.1 Å². The van der Waals surface area contributed by atoms with Gasteiger partial charge in [0.05, 0.1) is 12.6 Å². The molecular formula is C14H21NO3S. The number of β-amino-alcohol motifs (C(OH)–C–C–N with tert-alkyl or cyclic N) is 1. The van der Waals surface area contributed by atoms with Gasteiger partial charge in [-0.15, -0.1) is 11.3 Å². The average Bonchev–Trinajstić information content (AvgIpc) is 2.88. The van der Waals surface area contributed by atoms with E-state index in [4.69, 9.17) is 4.74 Å². The van der Waals surface area contributed by atoms with Crippen LogP contribution in [0.5, 0.6) is 0 Å². The summed E-state index contributed by atoms with van der Waals surface area (Å²) in [6.45, 7) is 6.47. The molecule has 1 N–H and O–H groups in total. The monoisotopic (exact) mass is 283 g/mol. The number of amides is 1. The lowest BCUT2D eigenvalue weighted by Crippen LogP contribution is -2.35. The summed E-state index contributed by atoms with van der Waals surface area (Å²) in [5, 5.41) is 12.1. The van der Waals surface area contributed by atoms with E-state index in [0.29, 0.717) is 13.1 Å². The maximum atomic E-state index is 11.9. The Balaban J connectivity index is 1.91. The lowest BCUT2D eigenvalue weighted by molar-refractivity contribution is 0.0270. The third-order valence-corrected chi connectivity index (χ3v) is 4.00. The number of hydrogen-bond donors (Lipinski definition) is 1. The fraction of sp³-hybridized carbons (Fsp3) is 0.643. The number of nitrogens with zero attached hydrogens (tertiary/aromatic N) is 1. The highest BCUT2D eigenvalue weighted by Gasteiger charge is 2.36. The van der Waals surface area contributed by atoms with E-state index in [1.54, 1.807) is 16.2 Å². The van der Waals surface area contributed by atoms with Crippen molar-refractivity contribution < 1.29 is 14.6 Å². The molecule has 0 bridgehead atoms. The Morgan fingerprint density at radius 1 is 1.53 bits per heavy atom. The van der Waals surface area contributed by atoms with Crippen molar-refractivity contribution in [2.24, 2.45) is 5.92 Å². The van der Waals surface area contributed by atoms with Crippen molar-refractivity contribution in [3.63, 3.8) is 0 Å². The van der Waals surface area contributed by atoms with Crippen LogP contribution in [0.1, 0.15) is 25.6 Å². The summed E-state index contributed by atoms with van der Waals surface area (Å²) < 4.78 is 5.33. The van der Waals surface area contributed by atoms with Gasteiger partial charge < -0.3 is 14.7 Å². The Bertz CT molecular complexity index is 424. The van der Waals surface area contributed by atoms with Crippen molar-refractivity contribution >= 4 is 17.4 Å². The van der Waals surface area contributed by atoms with E-state index in [9.17, 15) is 9.90 Å². The van der Waals surface area contributed by atoms with Crippen LogP contribution < -0.4 is 0 Å². The summed E-state index contributed by atoms with van der Waals surface area (Å²) in [5.41, 5.74) is -0.492. The minimum atomic E-state index is -0.492. The molecule has 1 amide bonds. The summed E-state index contributed by atoms with van der Waals surface area (Å²) in [6.07, 6.45) is 0.0212. The fourth-order valence-electron chi connectivity index (χ4n) is 2.22. The second kappa shape index (κ2) is 5.51. The Hall–Kier alpha value is -1.07. The van der Waals surface area contributed by atoms with Gasteiger partial charge in [0.15, 0.2) is 0 Å². The Kier molecular flexibility index (Phi) is 4.16. The van der Waals surface area contributed by atoms with Gasteiger partial charge in [-0.2, -0.15) is 0 Å². The first-order valence-electron chi connectivity index (χ1n) is 6.53. The molecule has 1 aliphatic heterocycles. The van der Waals surface area contributed by atoms with E-state index in [1.807, 2.05) is 32.2 Å². The van der Waals surface area contributed by atoms with Gasteiger partial charge in [0.1, 0.15) is 5.60 Å². The first-order chi connectivity index (χ1) is 8.85. The zero-order chi connectivity index (χ0) is 14.0. The van der Waals surface area contributed by atoms with E-state index in [-0.39, 0.29) is 12.0 Å². The summed E-state index contributed by atoms with van der Waals surface area (Å²) in [7, 11) is 0. The minimum absolute atomic E-state index is 0.103. The highest BCUT2D eigenvalue weighted by molar-refractivity contribution is 7.09. The molecule has 4 nitrogen and oxygen atoms in total. The number of aliphatic hydroxyl groups is 1. The molecule has 0 aromatic carbocycles. The maximum absolute atomic E-state index is 11.9. The molecule has 0 radical (unpaired) electrons. The highest BCUT2D eigenvalue weighted by atomic mass is 32.1. The van der Waals surface area contributed by atoms with Crippen LogP contribution in [0.2, 0.25) is 0 Å². The molecule has 0 aliphatic carbocycles. The molecule has 1 aromatic rings. The van der Waals surface area contributed by atoms with Crippen LogP contribution in [0, 0.1) is 5.92 Å². The molecule has 0 saturated carbocycles. The molecule has 2 unspecified atom stereocenters. The van der Waals surface area contributed by atoms with Gasteiger partial charge in [-0.05, 0) is 38.6 Å². The summed E-state index contributed by atoms with van der Waals surface area (Å²) in [5.74, 6) is 0.103. The van der Waals surface area contributed by atoms with Gasteiger partial charge in [0, 0.05) is 17.3 Å². The first-order valence-corrected chi connectivity index (χ1v) is 7.41. The van der Waals surface area contributed by atoms with Crippen molar-refractivity contribution in [1.29, 1.82) is 0 Å². The van der Waals surface area contributed by atoms with Gasteiger partial charge in [0.2, 0.25) is 0 Å². The second-order valence-electron chi connectivity index (χ2n) is 6.00. The van der Waals surface area contributed by atoms with E-state index < -0.39 is 11.7 Å². The van der Waals surface area contributed by atoms with Gasteiger partial charge in [-0.1, -0.05) is 6.07 Å². The number of thiophene rings is 1. The smallest absolute Gasteiger partial charge is 0.410 e. The Labute approximate surface area is 118 Å². The summed E-state index contributed by atoms with van der Waals surface area (Å²) in [4.78, 5) is 14.8.